The summed E-state index contributed by atoms with van der Waals surface area (Å²) in [5.74, 6) is 0.337. The number of nitrogens with one attached hydrogen (secondary N) is 1. The minimum atomic E-state index is -0.290. The van der Waals surface area contributed by atoms with Gasteiger partial charge in [0.2, 0.25) is 0 Å². The van der Waals surface area contributed by atoms with Crippen molar-refractivity contribution in [3.63, 3.8) is 0 Å². The van der Waals surface area contributed by atoms with E-state index in [9.17, 15) is 4.79 Å². The third-order valence-electron chi connectivity index (χ3n) is 3.29. The van der Waals surface area contributed by atoms with Crippen LogP contribution in [0.1, 0.15) is 5.56 Å². The molecule has 2 aromatic carbocycles. The lowest BCUT2D eigenvalue weighted by atomic mass is 10.2. The van der Waals surface area contributed by atoms with Crippen LogP contribution in [0.4, 0.5) is 10.8 Å². The monoisotopic (exact) mass is 503 g/mol. The molecule has 0 saturated carbocycles. The maximum atomic E-state index is 12.2. The Hall–Kier alpha value is -1.35. The first-order valence-electron chi connectivity index (χ1n) is 7.07. The van der Waals surface area contributed by atoms with Gasteiger partial charge in [-0.2, -0.15) is 0 Å². The molecule has 9 heteroatoms. The number of amides is 1. The number of thiazole rings is 1. The van der Waals surface area contributed by atoms with Gasteiger partial charge in [0, 0.05) is 10.2 Å². The average molecular weight is 506 g/mol. The molecule has 0 atom stereocenters. The highest BCUT2D eigenvalue weighted by Gasteiger charge is 2.12. The molecule has 0 saturated heterocycles. The van der Waals surface area contributed by atoms with Gasteiger partial charge in [-0.05, 0) is 52.7 Å². The van der Waals surface area contributed by atoms with Crippen molar-refractivity contribution in [2.75, 3.05) is 17.7 Å². The summed E-state index contributed by atoms with van der Waals surface area (Å²) in [6, 6.07) is 7.21. The Morgan fingerprint density at radius 3 is 2.84 bits per heavy atom. The number of benzene rings is 2. The van der Waals surface area contributed by atoms with Crippen LogP contribution in [-0.4, -0.2) is 17.5 Å². The van der Waals surface area contributed by atoms with E-state index in [1.54, 1.807) is 12.1 Å². The van der Waals surface area contributed by atoms with Gasteiger partial charge in [0.05, 0.1) is 14.2 Å². The molecule has 0 fully saturated rings. The summed E-state index contributed by atoms with van der Waals surface area (Å²) in [6.45, 7) is 1.78. The Kier molecular flexibility index (Phi) is 5.52. The summed E-state index contributed by atoms with van der Waals surface area (Å²) < 4.78 is 8.15. The molecule has 0 aliphatic heterocycles. The molecule has 130 valence electrons. The molecule has 1 aromatic heterocycles. The summed E-state index contributed by atoms with van der Waals surface area (Å²) in [7, 11) is 0. The van der Waals surface area contributed by atoms with Crippen LogP contribution < -0.4 is 15.8 Å². The van der Waals surface area contributed by atoms with E-state index in [1.807, 2.05) is 19.1 Å². The SMILES string of the molecule is Cc1cc(Br)cc(Br)c1OCC(=O)Nc1cc(Cl)c2nc(N)sc2c1. The molecule has 3 aromatic rings. The fraction of sp³-hybridized carbons (Fsp3) is 0.125. The van der Waals surface area contributed by atoms with Crippen LogP contribution in [0.3, 0.4) is 0 Å². The Morgan fingerprint density at radius 1 is 1.36 bits per heavy atom. The van der Waals surface area contributed by atoms with Gasteiger partial charge >= 0.3 is 0 Å². The number of carbonyl (C=O) groups is 1. The number of halogens is 3. The second-order valence-electron chi connectivity index (χ2n) is 5.23. The molecule has 3 N–H and O–H groups in total. The molecular weight excluding hydrogens is 494 g/mol. The average Bonchev–Trinajstić information content (AvgIpc) is 2.87. The van der Waals surface area contributed by atoms with E-state index < -0.39 is 0 Å². The van der Waals surface area contributed by atoms with Crippen molar-refractivity contribution < 1.29 is 9.53 Å². The number of ether oxygens (including phenoxy) is 1. The largest absolute Gasteiger partial charge is 0.482 e. The van der Waals surface area contributed by atoms with Crippen LogP contribution in [0, 0.1) is 6.92 Å². The van der Waals surface area contributed by atoms with Crippen LogP contribution in [0.15, 0.2) is 33.2 Å². The highest BCUT2D eigenvalue weighted by molar-refractivity contribution is 9.11. The van der Waals surface area contributed by atoms with Crippen LogP contribution in [0.25, 0.3) is 10.2 Å². The maximum absolute atomic E-state index is 12.2. The lowest BCUT2D eigenvalue weighted by Crippen LogP contribution is -2.20. The number of nitrogens with two attached hydrogens (primary N) is 1. The van der Waals surface area contributed by atoms with E-state index in [4.69, 9.17) is 22.1 Å². The lowest BCUT2D eigenvalue weighted by Gasteiger charge is -2.12. The summed E-state index contributed by atoms with van der Waals surface area (Å²) in [5, 5.41) is 3.64. The van der Waals surface area contributed by atoms with Crippen molar-refractivity contribution in [1.29, 1.82) is 0 Å². The van der Waals surface area contributed by atoms with Gasteiger partial charge in [0.1, 0.15) is 11.3 Å². The van der Waals surface area contributed by atoms with E-state index in [0.717, 1.165) is 19.2 Å². The van der Waals surface area contributed by atoms with Crippen LogP contribution in [0.2, 0.25) is 5.02 Å². The topological polar surface area (TPSA) is 77.2 Å². The third kappa shape index (κ3) is 4.25. The normalized spacial score (nSPS) is 10.9. The summed E-state index contributed by atoms with van der Waals surface area (Å²) in [4.78, 5) is 16.3. The van der Waals surface area contributed by atoms with Gasteiger partial charge in [0.15, 0.2) is 11.7 Å². The molecule has 0 aliphatic rings. The number of nitrogen functional groups attached to an aromatic ring is 1. The zero-order valence-electron chi connectivity index (χ0n) is 12.9. The Labute approximate surface area is 169 Å². The molecule has 0 spiro atoms. The van der Waals surface area contributed by atoms with Crippen molar-refractivity contribution in [3.05, 3.63) is 43.8 Å². The minimum absolute atomic E-state index is 0.123. The van der Waals surface area contributed by atoms with E-state index in [0.29, 0.717) is 27.1 Å². The summed E-state index contributed by atoms with van der Waals surface area (Å²) in [5.41, 5.74) is 7.81. The van der Waals surface area contributed by atoms with E-state index in [1.165, 1.54) is 11.3 Å². The van der Waals surface area contributed by atoms with Gasteiger partial charge in [-0.25, -0.2) is 4.98 Å². The highest BCUT2D eigenvalue weighted by Crippen LogP contribution is 2.33. The van der Waals surface area contributed by atoms with Crippen LogP contribution in [-0.2, 0) is 4.79 Å². The van der Waals surface area contributed by atoms with Crippen molar-refractivity contribution in [2.24, 2.45) is 0 Å². The number of aryl methyl sites for hydroxylation is 1. The first-order valence-corrected chi connectivity index (χ1v) is 9.85. The van der Waals surface area contributed by atoms with Crippen molar-refractivity contribution in [3.8, 4) is 5.75 Å². The van der Waals surface area contributed by atoms with Gasteiger partial charge in [0.25, 0.3) is 5.91 Å². The Morgan fingerprint density at radius 2 is 2.12 bits per heavy atom. The standard InChI is InChI=1S/C16H12Br2ClN3O2S/c1-7-2-8(17)3-10(18)15(7)24-6-13(23)21-9-4-11(19)14-12(5-9)25-16(20)22-14/h2-5H,6H2,1H3,(H2,20,22)(H,21,23). The highest BCUT2D eigenvalue weighted by atomic mass is 79.9. The van der Waals surface area contributed by atoms with Crippen LogP contribution in [0.5, 0.6) is 5.75 Å². The number of fused-ring (bicyclic) bond motifs is 1. The van der Waals surface area contributed by atoms with Crippen molar-refractivity contribution >= 4 is 81.7 Å². The molecule has 25 heavy (non-hydrogen) atoms. The van der Waals surface area contributed by atoms with Crippen LogP contribution >= 0.6 is 54.8 Å². The second kappa shape index (κ2) is 7.49. The summed E-state index contributed by atoms with van der Waals surface area (Å²) >= 11 is 14.3. The van der Waals surface area contributed by atoms with Gasteiger partial charge in [-0.1, -0.05) is 38.9 Å². The predicted octanol–water partition coefficient (Wildman–Crippen LogP) is 5.38. The Balaban J connectivity index is 1.71. The first-order chi connectivity index (χ1) is 11.8. The molecule has 0 aliphatic carbocycles. The van der Waals surface area contributed by atoms with Crippen molar-refractivity contribution in [1.82, 2.24) is 4.98 Å². The Bertz CT molecular complexity index is 954. The quantitative estimate of drug-likeness (QED) is 0.499. The molecule has 1 heterocycles. The third-order valence-corrected chi connectivity index (χ3v) is 5.46. The number of hydrogen-bond acceptors (Lipinski definition) is 5. The molecule has 5 nitrogen and oxygen atoms in total. The molecule has 1 amide bonds. The second-order valence-corrected chi connectivity index (χ2v) is 8.47. The van der Waals surface area contributed by atoms with Gasteiger partial charge < -0.3 is 15.8 Å². The number of aromatic nitrogens is 1. The predicted molar refractivity (Wildman–Crippen MR) is 110 cm³/mol. The summed E-state index contributed by atoms with van der Waals surface area (Å²) in [6.07, 6.45) is 0. The molecule has 0 radical (unpaired) electrons. The molecular formula is C16H12Br2ClN3O2S. The maximum Gasteiger partial charge on any atom is 0.262 e. The molecule has 0 bridgehead atoms. The first kappa shape index (κ1) is 18.4. The van der Waals surface area contributed by atoms with Crippen molar-refractivity contribution in [2.45, 2.75) is 6.92 Å². The van der Waals surface area contributed by atoms with E-state index >= 15 is 0 Å². The number of nitrogens with zero attached hydrogens (tertiary/aromatic N) is 1. The number of hydrogen-bond donors (Lipinski definition) is 2. The number of anilines is 2. The smallest absolute Gasteiger partial charge is 0.262 e. The molecule has 3 rings (SSSR count). The zero-order chi connectivity index (χ0) is 18.1. The lowest BCUT2D eigenvalue weighted by molar-refractivity contribution is -0.118. The zero-order valence-corrected chi connectivity index (χ0v) is 17.6. The molecule has 0 unspecified atom stereocenters. The van der Waals surface area contributed by atoms with Gasteiger partial charge in [-0.3, -0.25) is 4.79 Å². The van der Waals surface area contributed by atoms with E-state index in [2.05, 4.69) is 42.2 Å². The number of carbonyl (C=O) groups excluding carboxylic acids is 1. The fourth-order valence-electron chi connectivity index (χ4n) is 2.28. The fourth-order valence-corrected chi connectivity index (χ4v) is 4.96. The number of rotatable bonds is 4. The minimum Gasteiger partial charge on any atom is -0.482 e. The van der Waals surface area contributed by atoms with Gasteiger partial charge in [-0.15, -0.1) is 0 Å². The van der Waals surface area contributed by atoms with E-state index in [-0.39, 0.29) is 12.5 Å².